The van der Waals surface area contributed by atoms with Crippen LogP contribution in [0, 0.1) is 0 Å². The zero-order valence-corrected chi connectivity index (χ0v) is 20.9. The normalized spacial score (nSPS) is 11.2. The topological polar surface area (TPSA) is 114 Å². The van der Waals surface area contributed by atoms with E-state index in [0.29, 0.717) is 35.8 Å². The summed E-state index contributed by atoms with van der Waals surface area (Å²) in [5.74, 6) is 0.307. The maximum Gasteiger partial charge on any atom is 0.251 e. The number of anilines is 1. The molecule has 0 aliphatic carbocycles. The van der Waals surface area contributed by atoms with Crippen molar-refractivity contribution in [1.29, 1.82) is 0 Å². The van der Waals surface area contributed by atoms with Crippen LogP contribution >= 0.6 is 0 Å². The summed E-state index contributed by atoms with van der Waals surface area (Å²) in [6, 6.07) is 10.9. The summed E-state index contributed by atoms with van der Waals surface area (Å²) in [6.45, 7) is 4.92. The van der Waals surface area contributed by atoms with Crippen molar-refractivity contribution in [2.75, 3.05) is 39.2 Å². The first-order valence-corrected chi connectivity index (χ1v) is 12.6. The predicted molar refractivity (Wildman–Crippen MR) is 131 cm³/mol. The molecule has 10 heteroatoms. The minimum atomic E-state index is -3.58. The van der Waals surface area contributed by atoms with Crippen LogP contribution in [0.15, 0.2) is 47.4 Å². The van der Waals surface area contributed by atoms with Crippen LogP contribution in [0.1, 0.15) is 43.5 Å². The molecule has 2 aromatic carbocycles. The third kappa shape index (κ3) is 7.46. The summed E-state index contributed by atoms with van der Waals surface area (Å²) in [5, 5.41) is 5.40. The van der Waals surface area contributed by atoms with Crippen molar-refractivity contribution in [2.24, 2.45) is 0 Å². The number of nitrogens with one attached hydrogen (secondary N) is 2. The molecule has 2 amide bonds. The van der Waals surface area contributed by atoms with Crippen molar-refractivity contribution < 1.29 is 27.5 Å². The third-order valence-corrected chi connectivity index (χ3v) is 6.89. The van der Waals surface area contributed by atoms with Gasteiger partial charge in [-0.2, -0.15) is 4.31 Å². The number of carbonyl (C=O) groups is 2. The van der Waals surface area contributed by atoms with E-state index in [-0.39, 0.29) is 29.7 Å². The highest BCUT2D eigenvalue weighted by Gasteiger charge is 2.22. The lowest BCUT2D eigenvalue weighted by molar-refractivity contribution is -0.116. The summed E-state index contributed by atoms with van der Waals surface area (Å²) in [5.41, 5.74) is 0.832. The fraction of sp³-hybridized carbons (Fsp3) is 0.417. The molecule has 186 valence electrons. The largest absolute Gasteiger partial charge is 0.497 e. The van der Waals surface area contributed by atoms with Gasteiger partial charge >= 0.3 is 0 Å². The van der Waals surface area contributed by atoms with Gasteiger partial charge in [0.15, 0.2) is 0 Å². The van der Waals surface area contributed by atoms with E-state index >= 15 is 0 Å². The van der Waals surface area contributed by atoms with Gasteiger partial charge in [0.1, 0.15) is 11.5 Å². The molecule has 0 aliphatic rings. The molecule has 0 aromatic heterocycles. The minimum Gasteiger partial charge on any atom is -0.497 e. The van der Waals surface area contributed by atoms with E-state index in [1.807, 2.05) is 13.8 Å². The molecule has 9 nitrogen and oxygen atoms in total. The Balaban J connectivity index is 1.91. The molecular weight excluding hydrogens is 458 g/mol. The molecule has 0 fully saturated rings. The number of ether oxygens (including phenoxy) is 2. The molecule has 0 bridgehead atoms. The van der Waals surface area contributed by atoms with E-state index in [0.717, 1.165) is 12.8 Å². The second-order valence-corrected chi connectivity index (χ2v) is 9.52. The summed E-state index contributed by atoms with van der Waals surface area (Å²) >= 11 is 0. The van der Waals surface area contributed by atoms with Gasteiger partial charge in [0.05, 0.1) is 19.1 Å². The van der Waals surface area contributed by atoms with Crippen LogP contribution < -0.4 is 20.1 Å². The monoisotopic (exact) mass is 491 g/mol. The Kier molecular flexibility index (Phi) is 10.3. The van der Waals surface area contributed by atoms with Crippen molar-refractivity contribution in [3.63, 3.8) is 0 Å². The lowest BCUT2D eigenvalue weighted by atomic mass is 10.2. The zero-order chi connectivity index (χ0) is 25.1. The quantitative estimate of drug-likeness (QED) is 0.445. The Morgan fingerprint density at radius 2 is 1.47 bits per heavy atom. The number of methoxy groups -OCH3 is 2. The van der Waals surface area contributed by atoms with Gasteiger partial charge in [-0.05, 0) is 49.2 Å². The SMILES string of the molecule is CCCN(CCC)S(=O)(=O)c1ccc(NC(=O)CCNC(=O)c2cc(OC)cc(OC)c2)cc1. The van der Waals surface area contributed by atoms with Gasteiger partial charge < -0.3 is 20.1 Å². The van der Waals surface area contributed by atoms with E-state index in [1.165, 1.54) is 30.7 Å². The highest BCUT2D eigenvalue weighted by atomic mass is 32.2. The Hall–Kier alpha value is -3.11. The average Bonchev–Trinajstić information content (AvgIpc) is 2.83. The second-order valence-electron chi connectivity index (χ2n) is 7.58. The fourth-order valence-corrected chi connectivity index (χ4v) is 4.89. The zero-order valence-electron chi connectivity index (χ0n) is 20.1. The van der Waals surface area contributed by atoms with Gasteiger partial charge in [-0.1, -0.05) is 13.8 Å². The van der Waals surface area contributed by atoms with E-state index < -0.39 is 10.0 Å². The molecule has 0 heterocycles. The van der Waals surface area contributed by atoms with E-state index in [1.54, 1.807) is 30.3 Å². The summed E-state index contributed by atoms with van der Waals surface area (Å²) in [6.07, 6.45) is 1.51. The van der Waals surface area contributed by atoms with Gasteiger partial charge in [0.25, 0.3) is 5.91 Å². The Morgan fingerprint density at radius 3 is 1.97 bits per heavy atom. The maximum atomic E-state index is 12.8. The molecule has 0 saturated carbocycles. The summed E-state index contributed by atoms with van der Waals surface area (Å²) < 4.78 is 37.5. The molecule has 0 spiro atoms. The molecule has 34 heavy (non-hydrogen) atoms. The van der Waals surface area contributed by atoms with E-state index in [2.05, 4.69) is 10.6 Å². The standard InChI is InChI=1S/C24H33N3O6S/c1-5-13-27(14-6-2)34(30,31)22-9-7-19(8-10-22)26-23(28)11-12-25-24(29)18-15-20(32-3)17-21(16-18)33-4/h7-10,15-17H,5-6,11-14H2,1-4H3,(H,25,29)(H,26,28). The van der Waals surface area contributed by atoms with Crippen LogP contribution in [0.25, 0.3) is 0 Å². The Morgan fingerprint density at radius 1 is 0.912 bits per heavy atom. The van der Waals surface area contributed by atoms with Crippen molar-refractivity contribution in [2.45, 2.75) is 38.0 Å². The first-order valence-electron chi connectivity index (χ1n) is 11.2. The number of amides is 2. The molecule has 0 atom stereocenters. The predicted octanol–water partition coefficient (Wildman–Crippen LogP) is 3.27. The number of benzene rings is 2. The highest BCUT2D eigenvalue weighted by Crippen LogP contribution is 2.22. The van der Waals surface area contributed by atoms with Crippen molar-refractivity contribution in [3.05, 3.63) is 48.0 Å². The molecule has 0 radical (unpaired) electrons. The number of rotatable bonds is 13. The van der Waals surface area contributed by atoms with Crippen LogP contribution in [-0.2, 0) is 14.8 Å². The van der Waals surface area contributed by atoms with Crippen LogP contribution in [0.3, 0.4) is 0 Å². The summed E-state index contributed by atoms with van der Waals surface area (Å²) in [4.78, 5) is 24.8. The lowest BCUT2D eigenvalue weighted by Gasteiger charge is -2.21. The molecule has 2 rings (SSSR count). The average molecular weight is 492 g/mol. The smallest absolute Gasteiger partial charge is 0.251 e. The Labute approximate surface area is 201 Å². The van der Waals surface area contributed by atoms with Crippen LogP contribution in [0.5, 0.6) is 11.5 Å². The molecule has 0 aliphatic heterocycles. The van der Waals surface area contributed by atoms with Gasteiger partial charge in [0.2, 0.25) is 15.9 Å². The third-order valence-electron chi connectivity index (χ3n) is 4.97. The number of nitrogens with zero attached hydrogens (tertiary/aromatic N) is 1. The van der Waals surface area contributed by atoms with Gasteiger partial charge in [-0.15, -0.1) is 0 Å². The number of carbonyl (C=O) groups excluding carboxylic acids is 2. The maximum absolute atomic E-state index is 12.8. The number of hydrogen-bond acceptors (Lipinski definition) is 6. The van der Waals surface area contributed by atoms with Gasteiger partial charge in [-0.3, -0.25) is 9.59 Å². The van der Waals surface area contributed by atoms with Gasteiger partial charge in [-0.25, -0.2) is 8.42 Å². The van der Waals surface area contributed by atoms with E-state index in [4.69, 9.17) is 9.47 Å². The van der Waals surface area contributed by atoms with Crippen LogP contribution in [0.4, 0.5) is 5.69 Å². The first kappa shape index (κ1) is 27.1. The van der Waals surface area contributed by atoms with Crippen molar-refractivity contribution in [3.8, 4) is 11.5 Å². The fourth-order valence-electron chi connectivity index (χ4n) is 3.26. The molecular formula is C24H33N3O6S. The minimum absolute atomic E-state index is 0.0493. The van der Waals surface area contributed by atoms with Crippen molar-refractivity contribution >= 4 is 27.5 Å². The number of hydrogen-bond donors (Lipinski definition) is 2. The number of sulfonamides is 1. The second kappa shape index (κ2) is 13.0. The molecule has 0 saturated heterocycles. The van der Waals surface area contributed by atoms with E-state index in [9.17, 15) is 18.0 Å². The van der Waals surface area contributed by atoms with Crippen LogP contribution in [0.2, 0.25) is 0 Å². The molecule has 2 aromatic rings. The molecule has 0 unspecified atom stereocenters. The van der Waals surface area contributed by atoms with Crippen molar-refractivity contribution in [1.82, 2.24) is 9.62 Å². The highest BCUT2D eigenvalue weighted by molar-refractivity contribution is 7.89. The molecule has 2 N–H and O–H groups in total. The summed E-state index contributed by atoms with van der Waals surface area (Å²) in [7, 11) is -0.585. The van der Waals surface area contributed by atoms with Gasteiger partial charge in [0, 0.05) is 43.4 Å². The Bertz CT molecular complexity index is 1040. The first-order chi connectivity index (χ1) is 16.2. The van der Waals surface area contributed by atoms with Crippen LogP contribution in [-0.4, -0.2) is 58.4 Å². The lowest BCUT2D eigenvalue weighted by Crippen LogP contribution is -2.32.